The molecule has 0 saturated carbocycles. The van der Waals surface area contributed by atoms with Crippen LogP contribution in [0.4, 0.5) is 5.69 Å². The van der Waals surface area contributed by atoms with E-state index < -0.39 is 0 Å². The molecule has 0 bridgehead atoms. The van der Waals surface area contributed by atoms with Gasteiger partial charge in [-0.05, 0) is 39.8 Å². The molecule has 1 aromatic carbocycles. The summed E-state index contributed by atoms with van der Waals surface area (Å²) in [4.78, 5) is 9.78. The smallest absolute Gasteiger partial charge is 0.123 e. The zero-order valence-electron chi connectivity index (χ0n) is 15.0. The van der Waals surface area contributed by atoms with Gasteiger partial charge in [0.1, 0.15) is 5.82 Å². The van der Waals surface area contributed by atoms with E-state index >= 15 is 0 Å². The number of hydrogen-bond acceptors (Lipinski definition) is 3. The number of anilines is 1. The largest absolute Gasteiger partial charge is 0.369 e. The van der Waals surface area contributed by atoms with E-state index in [1.54, 1.807) is 0 Å². The molecule has 1 fully saturated rings. The van der Waals surface area contributed by atoms with Gasteiger partial charge in [0, 0.05) is 44.1 Å². The number of rotatable bonds is 3. The van der Waals surface area contributed by atoms with Crippen molar-refractivity contribution in [2.75, 3.05) is 24.5 Å². The first-order valence-corrected chi connectivity index (χ1v) is 8.50. The van der Waals surface area contributed by atoms with Crippen molar-refractivity contribution < 1.29 is 0 Å². The maximum Gasteiger partial charge on any atom is 0.123 e. The van der Waals surface area contributed by atoms with Crippen LogP contribution in [0, 0.1) is 20.8 Å². The van der Waals surface area contributed by atoms with Gasteiger partial charge in [-0.25, -0.2) is 4.98 Å². The van der Waals surface area contributed by atoms with Crippen molar-refractivity contribution in [1.29, 1.82) is 0 Å². The molecule has 3 rings (SSSR count). The Bertz CT molecular complexity index is 671. The molecule has 0 unspecified atom stereocenters. The molecule has 2 heterocycles. The fraction of sp³-hybridized carbons (Fsp3) is 0.526. The van der Waals surface area contributed by atoms with Gasteiger partial charge < -0.3 is 9.47 Å². The first kappa shape index (κ1) is 16.1. The van der Waals surface area contributed by atoms with E-state index in [0.29, 0.717) is 6.04 Å². The summed E-state index contributed by atoms with van der Waals surface area (Å²) in [7, 11) is 2.12. The second-order valence-electron chi connectivity index (χ2n) is 6.86. The maximum atomic E-state index is 4.73. The molecule has 0 amide bonds. The highest BCUT2D eigenvalue weighted by molar-refractivity contribution is 5.48. The number of aromatic nitrogens is 2. The minimum Gasteiger partial charge on any atom is -0.369 e. The lowest BCUT2D eigenvalue weighted by Gasteiger charge is -2.40. The molecule has 124 valence electrons. The molecular weight excluding hydrogens is 284 g/mol. The van der Waals surface area contributed by atoms with Crippen molar-refractivity contribution in [3.05, 3.63) is 47.0 Å². The highest BCUT2D eigenvalue weighted by Gasteiger charge is 2.25. The summed E-state index contributed by atoms with van der Waals surface area (Å²) in [6.45, 7) is 12.9. The SMILES string of the molecule is Cc1ccc(N2CCN(Cc3nc(C)c(C)n3C)[C@H](C)C2)cc1. The normalized spacial score (nSPS) is 19.3. The molecule has 4 heteroatoms. The minimum atomic E-state index is 0.530. The fourth-order valence-corrected chi connectivity index (χ4v) is 3.33. The van der Waals surface area contributed by atoms with Crippen LogP contribution in [0.3, 0.4) is 0 Å². The van der Waals surface area contributed by atoms with E-state index in [4.69, 9.17) is 4.98 Å². The number of hydrogen-bond donors (Lipinski definition) is 0. The molecule has 0 spiro atoms. The summed E-state index contributed by atoms with van der Waals surface area (Å²) < 4.78 is 2.23. The lowest BCUT2D eigenvalue weighted by Crippen LogP contribution is -2.51. The van der Waals surface area contributed by atoms with Crippen molar-refractivity contribution in [1.82, 2.24) is 14.5 Å². The monoisotopic (exact) mass is 312 g/mol. The number of aryl methyl sites for hydroxylation is 2. The zero-order chi connectivity index (χ0) is 16.6. The zero-order valence-corrected chi connectivity index (χ0v) is 15.0. The van der Waals surface area contributed by atoms with Gasteiger partial charge in [-0.1, -0.05) is 17.7 Å². The topological polar surface area (TPSA) is 24.3 Å². The molecule has 23 heavy (non-hydrogen) atoms. The first-order valence-electron chi connectivity index (χ1n) is 8.50. The van der Waals surface area contributed by atoms with Crippen molar-refractivity contribution in [3.8, 4) is 0 Å². The highest BCUT2D eigenvalue weighted by Crippen LogP contribution is 2.21. The molecule has 1 saturated heterocycles. The Hall–Kier alpha value is -1.81. The summed E-state index contributed by atoms with van der Waals surface area (Å²) in [5.74, 6) is 1.18. The van der Waals surface area contributed by atoms with Crippen LogP contribution >= 0.6 is 0 Å². The van der Waals surface area contributed by atoms with Gasteiger partial charge in [-0.15, -0.1) is 0 Å². The van der Waals surface area contributed by atoms with E-state index in [-0.39, 0.29) is 0 Å². The molecule has 2 aromatic rings. The van der Waals surface area contributed by atoms with Crippen molar-refractivity contribution in [2.45, 2.75) is 40.3 Å². The van der Waals surface area contributed by atoms with E-state index in [1.807, 2.05) is 0 Å². The van der Waals surface area contributed by atoms with Crippen LogP contribution in [0.5, 0.6) is 0 Å². The summed E-state index contributed by atoms with van der Waals surface area (Å²) in [6, 6.07) is 9.41. The van der Waals surface area contributed by atoms with Crippen LogP contribution in [0.15, 0.2) is 24.3 Å². The Labute approximate surface area is 139 Å². The first-order chi connectivity index (χ1) is 11.0. The number of nitrogens with zero attached hydrogens (tertiary/aromatic N) is 4. The van der Waals surface area contributed by atoms with Crippen LogP contribution in [-0.2, 0) is 13.6 Å². The molecule has 0 N–H and O–H groups in total. The Morgan fingerprint density at radius 2 is 1.78 bits per heavy atom. The Morgan fingerprint density at radius 3 is 2.35 bits per heavy atom. The molecule has 1 aliphatic rings. The van der Waals surface area contributed by atoms with Crippen molar-refractivity contribution in [2.24, 2.45) is 7.05 Å². The van der Waals surface area contributed by atoms with E-state index in [2.05, 4.69) is 73.4 Å². The summed E-state index contributed by atoms with van der Waals surface area (Å²) in [5, 5.41) is 0. The predicted octanol–water partition coefficient (Wildman–Crippen LogP) is 3.06. The Balaban J connectivity index is 1.66. The molecule has 1 aliphatic heterocycles. The number of benzene rings is 1. The highest BCUT2D eigenvalue weighted by atomic mass is 15.3. The molecule has 0 aliphatic carbocycles. The standard InChI is InChI=1S/C19H28N4/c1-14-6-8-18(9-7-14)23-11-10-22(15(2)12-23)13-19-20-16(3)17(4)21(19)5/h6-9,15H,10-13H2,1-5H3/t15-/m1/s1. The van der Waals surface area contributed by atoms with Gasteiger partial charge in [0.2, 0.25) is 0 Å². The summed E-state index contributed by atoms with van der Waals surface area (Å²) in [5.41, 5.74) is 5.08. The second-order valence-corrected chi connectivity index (χ2v) is 6.86. The average molecular weight is 312 g/mol. The number of imidazole rings is 1. The quantitative estimate of drug-likeness (QED) is 0.870. The third-order valence-electron chi connectivity index (χ3n) is 5.22. The van der Waals surface area contributed by atoms with Crippen LogP contribution < -0.4 is 4.90 Å². The third kappa shape index (κ3) is 3.27. The Kier molecular flexibility index (Phi) is 4.44. The van der Waals surface area contributed by atoms with Gasteiger partial charge in [-0.2, -0.15) is 0 Å². The average Bonchev–Trinajstić information content (AvgIpc) is 2.77. The van der Waals surface area contributed by atoms with Crippen LogP contribution in [-0.4, -0.2) is 40.1 Å². The predicted molar refractivity (Wildman–Crippen MR) is 95.9 cm³/mol. The molecule has 0 radical (unpaired) electrons. The second kappa shape index (κ2) is 6.36. The van der Waals surface area contributed by atoms with Crippen molar-refractivity contribution >= 4 is 5.69 Å². The molecular formula is C19H28N4. The van der Waals surface area contributed by atoms with Gasteiger partial charge in [0.05, 0.1) is 12.2 Å². The Morgan fingerprint density at radius 1 is 1.09 bits per heavy atom. The van der Waals surface area contributed by atoms with Crippen LogP contribution in [0.25, 0.3) is 0 Å². The van der Waals surface area contributed by atoms with E-state index in [9.17, 15) is 0 Å². The molecule has 1 atom stereocenters. The lowest BCUT2D eigenvalue weighted by molar-refractivity contribution is 0.175. The minimum absolute atomic E-state index is 0.530. The fourth-order valence-electron chi connectivity index (χ4n) is 3.33. The van der Waals surface area contributed by atoms with Gasteiger partial charge >= 0.3 is 0 Å². The van der Waals surface area contributed by atoms with E-state index in [1.165, 1.54) is 22.8 Å². The van der Waals surface area contributed by atoms with Gasteiger partial charge in [0.25, 0.3) is 0 Å². The summed E-state index contributed by atoms with van der Waals surface area (Å²) >= 11 is 0. The van der Waals surface area contributed by atoms with Crippen LogP contribution in [0.1, 0.15) is 29.7 Å². The van der Waals surface area contributed by atoms with Crippen molar-refractivity contribution in [3.63, 3.8) is 0 Å². The molecule has 1 aromatic heterocycles. The lowest BCUT2D eigenvalue weighted by atomic mass is 10.1. The summed E-state index contributed by atoms with van der Waals surface area (Å²) in [6.07, 6.45) is 0. The number of piperazine rings is 1. The van der Waals surface area contributed by atoms with Gasteiger partial charge in [0.15, 0.2) is 0 Å². The maximum absolute atomic E-state index is 4.73. The third-order valence-corrected chi connectivity index (χ3v) is 5.22. The van der Waals surface area contributed by atoms with Gasteiger partial charge in [-0.3, -0.25) is 4.90 Å². The molecule has 4 nitrogen and oxygen atoms in total. The van der Waals surface area contributed by atoms with Crippen LogP contribution in [0.2, 0.25) is 0 Å². The van der Waals surface area contributed by atoms with E-state index in [0.717, 1.165) is 31.9 Å².